The van der Waals surface area contributed by atoms with E-state index < -0.39 is 0 Å². The molecule has 3 heterocycles. The smallest absolute Gasteiger partial charge is 0.180 e. The molecule has 7 heteroatoms. The molecule has 0 spiro atoms. The van der Waals surface area contributed by atoms with E-state index in [-0.39, 0.29) is 0 Å². The molecule has 0 aliphatic heterocycles. The zero-order valence-electron chi connectivity index (χ0n) is 13.6. The molecule has 1 aliphatic rings. The van der Waals surface area contributed by atoms with Gasteiger partial charge in [-0.05, 0) is 31.4 Å². The molecule has 0 aromatic carbocycles. The van der Waals surface area contributed by atoms with E-state index in [4.69, 9.17) is 0 Å². The van der Waals surface area contributed by atoms with Crippen LogP contribution in [-0.4, -0.2) is 29.7 Å². The Morgan fingerprint density at radius 1 is 1.25 bits per heavy atom. The highest BCUT2D eigenvalue weighted by Gasteiger charge is 2.25. The molecule has 0 saturated heterocycles. The molecule has 3 aromatic rings. The van der Waals surface area contributed by atoms with Crippen LogP contribution >= 0.6 is 0 Å². The van der Waals surface area contributed by atoms with Crippen molar-refractivity contribution >= 4 is 5.82 Å². The van der Waals surface area contributed by atoms with E-state index in [0.717, 1.165) is 29.5 Å². The summed E-state index contributed by atoms with van der Waals surface area (Å²) in [6.45, 7) is 2.68. The van der Waals surface area contributed by atoms with Gasteiger partial charge in [0.2, 0.25) is 0 Å². The fourth-order valence-electron chi connectivity index (χ4n) is 2.60. The van der Waals surface area contributed by atoms with Crippen molar-refractivity contribution in [2.24, 2.45) is 0 Å². The molecule has 1 saturated carbocycles. The topological polar surface area (TPSA) is 81.4 Å². The first-order valence-electron chi connectivity index (χ1n) is 8.25. The van der Waals surface area contributed by atoms with Crippen molar-refractivity contribution in [1.29, 1.82) is 0 Å². The minimum absolute atomic E-state index is 0.567. The number of nitrogens with one attached hydrogen (secondary N) is 1. The lowest BCUT2D eigenvalue weighted by molar-refractivity contribution is 0.689. The summed E-state index contributed by atoms with van der Waals surface area (Å²) in [5, 5.41) is 11.6. The van der Waals surface area contributed by atoms with Crippen LogP contribution < -0.4 is 5.32 Å². The molecule has 0 radical (unpaired) electrons. The van der Waals surface area contributed by atoms with Crippen molar-refractivity contribution in [2.45, 2.75) is 38.8 Å². The van der Waals surface area contributed by atoms with Crippen molar-refractivity contribution in [3.63, 3.8) is 0 Å². The van der Waals surface area contributed by atoms with Gasteiger partial charge in [0.05, 0.1) is 6.54 Å². The van der Waals surface area contributed by atoms with Crippen LogP contribution in [0.4, 0.5) is 5.82 Å². The normalized spacial score (nSPS) is 13.9. The summed E-state index contributed by atoms with van der Waals surface area (Å²) in [5.74, 6) is 2.36. The molecular formula is C17H19N7. The number of pyridine rings is 1. The van der Waals surface area contributed by atoms with E-state index in [0.29, 0.717) is 18.4 Å². The van der Waals surface area contributed by atoms with E-state index in [1.165, 1.54) is 12.8 Å². The lowest BCUT2D eigenvalue weighted by Gasteiger charge is -2.10. The maximum absolute atomic E-state index is 4.60. The number of aryl methyl sites for hydroxylation is 1. The van der Waals surface area contributed by atoms with Crippen molar-refractivity contribution in [2.75, 3.05) is 5.32 Å². The highest BCUT2D eigenvalue weighted by molar-refractivity contribution is 5.52. The largest absolute Gasteiger partial charge is 0.363 e. The van der Waals surface area contributed by atoms with Gasteiger partial charge in [0.25, 0.3) is 0 Å². The number of aromatic nitrogens is 6. The Hall–Kier alpha value is -2.83. The number of anilines is 1. The molecule has 0 amide bonds. The first-order chi connectivity index (χ1) is 11.8. The molecular weight excluding hydrogens is 302 g/mol. The number of rotatable bonds is 6. The highest BCUT2D eigenvalue weighted by atomic mass is 15.3. The summed E-state index contributed by atoms with van der Waals surface area (Å²) in [6.07, 6.45) is 6.83. The number of hydrogen-bond donors (Lipinski definition) is 1. The molecule has 122 valence electrons. The predicted molar refractivity (Wildman–Crippen MR) is 90.3 cm³/mol. The first kappa shape index (κ1) is 14.7. The fraction of sp³-hybridized carbons (Fsp3) is 0.353. The second-order valence-corrected chi connectivity index (χ2v) is 5.88. The Morgan fingerprint density at radius 3 is 2.92 bits per heavy atom. The van der Waals surface area contributed by atoms with Crippen molar-refractivity contribution < 1.29 is 0 Å². The Bertz CT molecular complexity index is 824. The van der Waals surface area contributed by atoms with E-state index in [1.807, 2.05) is 30.6 Å². The average Bonchev–Trinajstić information content (AvgIpc) is 3.38. The van der Waals surface area contributed by atoms with Crippen LogP contribution in [0.15, 0.2) is 36.8 Å². The quantitative estimate of drug-likeness (QED) is 0.751. The van der Waals surface area contributed by atoms with E-state index in [2.05, 4.69) is 42.0 Å². The summed E-state index contributed by atoms with van der Waals surface area (Å²) in [5.41, 5.74) is 1.76. The third-order valence-corrected chi connectivity index (χ3v) is 4.05. The Kier molecular flexibility index (Phi) is 3.90. The predicted octanol–water partition coefficient (Wildman–Crippen LogP) is 2.64. The van der Waals surface area contributed by atoms with Gasteiger partial charge in [-0.3, -0.25) is 4.98 Å². The standard InChI is InChI=1S/C17H19N7/c1-2-12-9-15(22-17(21-12)14-5-3-4-8-18-14)19-10-16-23-20-11-24(16)13-6-7-13/h3-5,8-9,11,13H,2,6-7,10H2,1H3,(H,19,21,22). The average molecular weight is 321 g/mol. The van der Waals surface area contributed by atoms with Crippen LogP contribution in [0.3, 0.4) is 0 Å². The van der Waals surface area contributed by atoms with Crippen LogP contribution in [0, 0.1) is 0 Å². The van der Waals surface area contributed by atoms with Crippen LogP contribution in [0.25, 0.3) is 11.5 Å². The maximum Gasteiger partial charge on any atom is 0.180 e. The minimum Gasteiger partial charge on any atom is -0.363 e. The third kappa shape index (κ3) is 3.10. The van der Waals surface area contributed by atoms with Crippen LogP contribution in [0.2, 0.25) is 0 Å². The SMILES string of the molecule is CCc1cc(NCc2nncn2C2CC2)nc(-c2ccccn2)n1. The van der Waals surface area contributed by atoms with Crippen molar-refractivity contribution in [1.82, 2.24) is 29.7 Å². The molecule has 0 bridgehead atoms. The Balaban J connectivity index is 1.57. The molecule has 3 aromatic heterocycles. The van der Waals surface area contributed by atoms with Gasteiger partial charge in [0, 0.05) is 24.0 Å². The summed E-state index contributed by atoms with van der Waals surface area (Å²) in [6, 6.07) is 8.29. The van der Waals surface area contributed by atoms with E-state index in [9.17, 15) is 0 Å². The lowest BCUT2D eigenvalue weighted by Crippen LogP contribution is -2.09. The minimum atomic E-state index is 0.567. The summed E-state index contributed by atoms with van der Waals surface area (Å²) in [4.78, 5) is 13.5. The van der Waals surface area contributed by atoms with Gasteiger partial charge in [-0.2, -0.15) is 0 Å². The van der Waals surface area contributed by atoms with Gasteiger partial charge in [0.15, 0.2) is 11.6 Å². The molecule has 1 aliphatic carbocycles. The second-order valence-electron chi connectivity index (χ2n) is 5.88. The van der Waals surface area contributed by atoms with Gasteiger partial charge in [-0.1, -0.05) is 13.0 Å². The van der Waals surface area contributed by atoms with Gasteiger partial charge >= 0.3 is 0 Å². The maximum atomic E-state index is 4.60. The summed E-state index contributed by atoms with van der Waals surface area (Å²) >= 11 is 0. The van der Waals surface area contributed by atoms with Gasteiger partial charge in [-0.25, -0.2) is 9.97 Å². The van der Waals surface area contributed by atoms with Crippen LogP contribution in [0.1, 0.15) is 37.3 Å². The van der Waals surface area contributed by atoms with E-state index >= 15 is 0 Å². The van der Waals surface area contributed by atoms with Crippen LogP contribution in [-0.2, 0) is 13.0 Å². The third-order valence-electron chi connectivity index (χ3n) is 4.05. The molecule has 1 N–H and O–H groups in total. The van der Waals surface area contributed by atoms with Crippen molar-refractivity contribution in [3.05, 3.63) is 48.3 Å². The molecule has 0 atom stereocenters. The molecule has 24 heavy (non-hydrogen) atoms. The monoisotopic (exact) mass is 321 g/mol. The molecule has 7 nitrogen and oxygen atoms in total. The van der Waals surface area contributed by atoms with Crippen LogP contribution in [0.5, 0.6) is 0 Å². The molecule has 0 unspecified atom stereocenters. The van der Waals surface area contributed by atoms with E-state index in [1.54, 1.807) is 6.20 Å². The highest BCUT2D eigenvalue weighted by Crippen LogP contribution is 2.35. The zero-order valence-corrected chi connectivity index (χ0v) is 13.6. The number of hydrogen-bond acceptors (Lipinski definition) is 6. The lowest BCUT2D eigenvalue weighted by atomic mass is 10.3. The Labute approximate surface area is 140 Å². The summed E-state index contributed by atoms with van der Waals surface area (Å²) < 4.78 is 2.15. The molecule has 1 fully saturated rings. The second kappa shape index (κ2) is 6.35. The molecule has 4 rings (SSSR count). The summed E-state index contributed by atoms with van der Waals surface area (Å²) in [7, 11) is 0. The van der Waals surface area contributed by atoms with Crippen molar-refractivity contribution in [3.8, 4) is 11.5 Å². The zero-order chi connectivity index (χ0) is 16.4. The fourth-order valence-corrected chi connectivity index (χ4v) is 2.60. The number of nitrogens with zero attached hydrogens (tertiary/aromatic N) is 6. The van der Waals surface area contributed by atoms with Gasteiger partial charge in [0.1, 0.15) is 17.8 Å². The van der Waals surface area contributed by atoms with Gasteiger partial charge in [-0.15, -0.1) is 10.2 Å². The van der Waals surface area contributed by atoms with Gasteiger partial charge < -0.3 is 9.88 Å². The first-order valence-corrected chi connectivity index (χ1v) is 8.25. The Morgan fingerprint density at radius 2 is 2.17 bits per heavy atom.